The normalized spacial score (nSPS) is 15.5. The summed E-state index contributed by atoms with van der Waals surface area (Å²) in [4.78, 5) is 18.6. The number of ether oxygens (including phenoxy) is 2. The first-order valence-corrected chi connectivity index (χ1v) is 12.5. The Bertz CT molecular complexity index is 1330. The molecule has 2 aliphatic heterocycles. The van der Waals surface area contributed by atoms with Crippen molar-refractivity contribution in [2.45, 2.75) is 37.6 Å². The molecule has 0 aliphatic carbocycles. The lowest BCUT2D eigenvalue weighted by molar-refractivity contribution is 0.0674. The van der Waals surface area contributed by atoms with Gasteiger partial charge in [0.05, 0.1) is 4.90 Å². The molecule has 0 saturated carbocycles. The summed E-state index contributed by atoms with van der Waals surface area (Å²) in [5, 5.41) is 3.91. The molecule has 34 heavy (non-hydrogen) atoms. The van der Waals surface area contributed by atoms with Crippen LogP contribution in [0.15, 0.2) is 45.8 Å². The van der Waals surface area contributed by atoms with Gasteiger partial charge in [-0.2, -0.15) is 4.98 Å². The van der Waals surface area contributed by atoms with E-state index in [1.807, 2.05) is 0 Å². The molecule has 0 radical (unpaired) electrons. The molecule has 1 N–H and O–H groups in total. The number of hydrogen-bond acceptors (Lipinski definition) is 8. The number of aryl methyl sites for hydroxylation is 1. The van der Waals surface area contributed by atoms with Crippen molar-refractivity contribution in [1.29, 1.82) is 0 Å². The third kappa shape index (κ3) is 4.48. The van der Waals surface area contributed by atoms with Gasteiger partial charge in [0.25, 0.3) is 0 Å². The smallest absolute Gasteiger partial charge is 0.316 e. The zero-order chi connectivity index (χ0) is 23.7. The third-order valence-electron chi connectivity index (χ3n) is 5.89. The molecule has 3 aromatic rings. The van der Waals surface area contributed by atoms with E-state index in [0.29, 0.717) is 35.7 Å². The SMILES string of the molecule is Cc1ccc(-c2noc(C(=O)N3CCCCC3)n2)cc1S(=O)(=O)NCc1ccc2c(c1)OCO2. The van der Waals surface area contributed by atoms with Gasteiger partial charge in [-0.3, -0.25) is 4.79 Å². The molecule has 1 amide bonds. The Kier molecular flexibility index (Phi) is 5.96. The third-order valence-corrected chi connectivity index (χ3v) is 7.43. The Hall–Kier alpha value is -3.44. The molecular weight excluding hydrogens is 460 g/mol. The lowest BCUT2D eigenvalue weighted by atomic mass is 10.1. The van der Waals surface area contributed by atoms with E-state index in [1.54, 1.807) is 42.2 Å². The summed E-state index contributed by atoms with van der Waals surface area (Å²) in [5.74, 6) is 0.981. The van der Waals surface area contributed by atoms with Crippen molar-refractivity contribution >= 4 is 15.9 Å². The van der Waals surface area contributed by atoms with Crippen molar-refractivity contribution in [2.75, 3.05) is 19.9 Å². The number of carbonyl (C=O) groups is 1. The van der Waals surface area contributed by atoms with Crippen LogP contribution in [0.4, 0.5) is 0 Å². The van der Waals surface area contributed by atoms with Gasteiger partial charge in [-0.05, 0) is 55.5 Å². The van der Waals surface area contributed by atoms with E-state index in [4.69, 9.17) is 14.0 Å². The minimum absolute atomic E-state index is 0.0827. The maximum Gasteiger partial charge on any atom is 0.316 e. The summed E-state index contributed by atoms with van der Waals surface area (Å²) in [6.07, 6.45) is 3.00. The van der Waals surface area contributed by atoms with Gasteiger partial charge in [0.1, 0.15) is 0 Å². The molecule has 1 fully saturated rings. The summed E-state index contributed by atoms with van der Waals surface area (Å²) < 4.78 is 44.6. The van der Waals surface area contributed by atoms with E-state index in [-0.39, 0.29) is 35.9 Å². The molecule has 178 valence electrons. The first-order valence-electron chi connectivity index (χ1n) is 11.0. The number of fused-ring (bicyclic) bond motifs is 1. The maximum absolute atomic E-state index is 13.1. The quantitative estimate of drug-likeness (QED) is 0.566. The second-order valence-corrected chi connectivity index (χ2v) is 10.0. The van der Waals surface area contributed by atoms with E-state index >= 15 is 0 Å². The van der Waals surface area contributed by atoms with Crippen LogP contribution in [-0.2, 0) is 16.6 Å². The number of amides is 1. The summed E-state index contributed by atoms with van der Waals surface area (Å²) in [5.41, 5.74) is 1.74. The molecule has 0 unspecified atom stereocenters. The van der Waals surface area contributed by atoms with Crippen molar-refractivity contribution < 1.29 is 27.2 Å². The number of hydrogen-bond donors (Lipinski definition) is 1. The second-order valence-electron chi connectivity index (χ2n) is 8.27. The van der Waals surface area contributed by atoms with Crippen molar-refractivity contribution in [3.8, 4) is 22.9 Å². The number of sulfonamides is 1. The molecule has 11 heteroatoms. The van der Waals surface area contributed by atoms with Gasteiger partial charge in [0.2, 0.25) is 22.6 Å². The van der Waals surface area contributed by atoms with Gasteiger partial charge < -0.3 is 18.9 Å². The second kappa shape index (κ2) is 9.07. The van der Waals surface area contributed by atoms with Crippen molar-refractivity contribution in [1.82, 2.24) is 19.8 Å². The number of aromatic nitrogens is 2. The lowest BCUT2D eigenvalue weighted by Crippen LogP contribution is -2.35. The number of carbonyl (C=O) groups excluding carboxylic acids is 1. The van der Waals surface area contributed by atoms with Crippen molar-refractivity contribution in [3.05, 3.63) is 53.4 Å². The van der Waals surface area contributed by atoms with Gasteiger partial charge in [-0.1, -0.05) is 23.4 Å². The van der Waals surface area contributed by atoms with Gasteiger partial charge >= 0.3 is 11.8 Å². The first kappa shape index (κ1) is 22.4. The molecule has 2 aromatic carbocycles. The highest BCUT2D eigenvalue weighted by atomic mass is 32.2. The van der Waals surface area contributed by atoms with Gasteiger partial charge in [0.15, 0.2) is 11.5 Å². The molecule has 5 rings (SSSR count). The number of likely N-dealkylation sites (tertiary alicyclic amines) is 1. The van der Waals surface area contributed by atoms with E-state index in [2.05, 4.69) is 14.9 Å². The number of benzene rings is 2. The highest BCUT2D eigenvalue weighted by Gasteiger charge is 2.25. The largest absolute Gasteiger partial charge is 0.454 e. The van der Waals surface area contributed by atoms with Crippen LogP contribution in [0, 0.1) is 6.92 Å². The monoisotopic (exact) mass is 484 g/mol. The maximum atomic E-state index is 13.1. The Morgan fingerprint density at radius 1 is 1.06 bits per heavy atom. The zero-order valence-corrected chi connectivity index (χ0v) is 19.4. The minimum atomic E-state index is -3.84. The topological polar surface area (TPSA) is 124 Å². The first-order chi connectivity index (χ1) is 16.4. The molecule has 1 saturated heterocycles. The summed E-state index contributed by atoms with van der Waals surface area (Å²) in [7, 11) is -3.84. The summed E-state index contributed by atoms with van der Waals surface area (Å²) >= 11 is 0. The van der Waals surface area contributed by atoms with Crippen molar-refractivity contribution in [3.63, 3.8) is 0 Å². The molecular formula is C23H24N4O6S. The predicted molar refractivity (Wildman–Crippen MR) is 121 cm³/mol. The van der Waals surface area contributed by atoms with E-state index in [9.17, 15) is 13.2 Å². The fourth-order valence-electron chi connectivity index (χ4n) is 4.00. The van der Waals surface area contributed by atoms with Crippen LogP contribution >= 0.6 is 0 Å². The number of rotatable bonds is 6. The van der Waals surface area contributed by atoms with E-state index < -0.39 is 10.0 Å². The summed E-state index contributed by atoms with van der Waals surface area (Å²) in [6.45, 7) is 3.27. The Balaban J connectivity index is 1.34. The predicted octanol–water partition coefficient (Wildman–Crippen LogP) is 2.88. The lowest BCUT2D eigenvalue weighted by Gasteiger charge is -2.24. The number of nitrogens with one attached hydrogen (secondary N) is 1. The molecule has 10 nitrogen and oxygen atoms in total. The molecule has 0 atom stereocenters. The standard InChI is InChI=1S/C23H24N4O6S/c1-15-5-7-17(21-25-22(33-26-21)23(28)27-9-3-2-4-10-27)12-20(15)34(29,30)24-13-16-6-8-18-19(11-16)32-14-31-18/h5-8,11-12,24H,2-4,9-10,13-14H2,1H3. The Labute approximate surface area is 196 Å². The van der Waals surface area contributed by atoms with Crippen LogP contribution in [-0.4, -0.2) is 49.2 Å². The van der Waals surface area contributed by atoms with Crippen LogP contribution in [0.5, 0.6) is 11.5 Å². The Morgan fingerprint density at radius 2 is 1.85 bits per heavy atom. The fraction of sp³-hybridized carbons (Fsp3) is 0.348. The molecule has 1 aromatic heterocycles. The molecule has 0 bridgehead atoms. The summed E-state index contributed by atoms with van der Waals surface area (Å²) in [6, 6.07) is 10.1. The number of piperidine rings is 1. The van der Waals surface area contributed by atoms with Crippen LogP contribution in [0.2, 0.25) is 0 Å². The highest BCUT2D eigenvalue weighted by Crippen LogP contribution is 2.32. The molecule has 0 spiro atoms. The van der Waals surface area contributed by atoms with Gasteiger partial charge in [-0.15, -0.1) is 0 Å². The van der Waals surface area contributed by atoms with Crippen LogP contribution in [0.25, 0.3) is 11.4 Å². The fourth-order valence-corrected chi connectivity index (χ4v) is 5.28. The van der Waals surface area contributed by atoms with Gasteiger partial charge in [0, 0.05) is 25.2 Å². The minimum Gasteiger partial charge on any atom is -0.454 e. The van der Waals surface area contributed by atoms with Crippen LogP contribution < -0.4 is 14.2 Å². The van der Waals surface area contributed by atoms with E-state index in [0.717, 1.165) is 24.8 Å². The Morgan fingerprint density at radius 3 is 2.68 bits per heavy atom. The molecule has 3 heterocycles. The highest BCUT2D eigenvalue weighted by molar-refractivity contribution is 7.89. The number of nitrogens with zero attached hydrogens (tertiary/aromatic N) is 3. The van der Waals surface area contributed by atoms with Crippen LogP contribution in [0.1, 0.15) is 41.1 Å². The zero-order valence-electron chi connectivity index (χ0n) is 18.6. The molecule has 2 aliphatic rings. The average molecular weight is 485 g/mol. The van der Waals surface area contributed by atoms with Crippen LogP contribution in [0.3, 0.4) is 0 Å². The van der Waals surface area contributed by atoms with E-state index in [1.165, 1.54) is 6.07 Å². The van der Waals surface area contributed by atoms with Gasteiger partial charge in [-0.25, -0.2) is 13.1 Å². The average Bonchev–Trinajstić information content (AvgIpc) is 3.53. The van der Waals surface area contributed by atoms with Crippen molar-refractivity contribution in [2.24, 2.45) is 0 Å².